The van der Waals surface area contributed by atoms with E-state index in [-0.39, 0.29) is 17.4 Å². The Bertz CT molecular complexity index is 825. The Balaban J connectivity index is 1.44. The van der Waals surface area contributed by atoms with Crippen molar-refractivity contribution in [3.8, 4) is 11.5 Å². The molecule has 1 saturated heterocycles. The second-order valence-corrected chi connectivity index (χ2v) is 7.42. The summed E-state index contributed by atoms with van der Waals surface area (Å²) in [7, 11) is 0. The highest BCUT2D eigenvalue weighted by molar-refractivity contribution is 5.79. The Morgan fingerprint density at radius 2 is 1.85 bits per heavy atom. The lowest BCUT2D eigenvalue weighted by molar-refractivity contribution is -0.138. The summed E-state index contributed by atoms with van der Waals surface area (Å²) in [6.07, 6.45) is 4.64. The molecule has 1 aliphatic heterocycles. The Kier molecular flexibility index (Phi) is 4.95. The third-order valence-electron chi connectivity index (χ3n) is 5.48. The van der Waals surface area contributed by atoms with Crippen LogP contribution < -0.4 is 0 Å². The number of amides is 1. The van der Waals surface area contributed by atoms with Gasteiger partial charge in [-0.15, -0.1) is 0 Å². The molecule has 2 heterocycles. The number of hydrogen-bond donors (Lipinski definition) is 0. The topological polar surface area (TPSA) is 49.6 Å². The summed E-state index contributed by atoms with van der Waals surface area (Å²) in [6.45, 7) is 4.16. The largest absolute Gasteiger partial charge is 0.441 e. The number of carbonyl (C=O) groups excluding carboxylic acids is 1. The number of piperazine rings is 1. The van der Waals surface area contributed by atoms with Gasteiger partial charge in [-0.25, -0.2) is 13.8 Å². The number of nitrogens with zero attached hydrogens (tertiary/aromatic N) is 3. The molecule has 7 heteroatoms. The van der Waals surface area contributed by atoms with Gasteiger partial charge in [0.1, 0.15) is 17.4 Å². The zero-order valence-corrected chi connectivity index (χ0v) is 15.4. The van der Waals surface area contributed by atoms with Crippen LogP contribution in [0.2, 0.25) is 0 Å². The lowest BCUT2D eigenvalue weighted by Crippen LogP contribution is -2.53. The molecular formula is C20H23F2N3O2. The van der Waals surface area contributed by atoms with Crippen LogP contribution in [0.4, 0.5) is 8.78 Å². The maximum Gasteiger partial charge on any atom is 0.237 e. The summed E-state index contributed by atoms with van der Waals surface area (Å²) >= 11 is 0. The summed E-state index contributed by atoms with van der Waals surface area (Å²) in [4.78, 5) is 21.0. The Morgan fingerprint density at radius 1 is 1.15 bits per heavy atom. The SMILES string of the molecule is Cc1oc(-c2cc(F)cc(F)c2)nc1CN1CCN(C2CCCC2)C(=O)C1. The number of hydrogen-bond acceptors (Lipinski definition) is 4. The van der Waals surface area contributed by atoms with Crippen LogP contribution >= 0.6 is 0 Å². The number of aryl methyl sites for hydroxylation is 1. The number of halogens is 2. The fraction of sp³-hybridized carbons (Fsp3) is 0.500. The molecule has 2 aromatic rings. The van der Waals surface area contributed by atoms with Gasteiger partial charge in [0.25, 0.3) is 0 Å². The van der Waals surface area contributed by atoms with Gasteiger partial charge in [0, 0.05) is 37.3 Å². The first-order chi connectivity index (χ1) is 13.0. The van der Waals surface area contributed by atoms with Gasteiger partial charge in [0.2, 0.25) is 11.8 Å². The molecule has 5 nitrogen and oxygen atoms in total. The second-order valence-electron chi connectivity index (χ2n) is 7.42. The molecule has 1 amide bonds. The number of benzene rings is 1. The summed E-state index contributed by atoms with van der Waals surface area (Å²) in [5, 5.41) is 0. The van der Waals surface area contributed by atoms with Crippen molar-refractivity contribution in [3.63, 3.8) is 0 Å². The highest BCUT2D eigenvalue weighted by Crippen LogP contribution is 2.27. The Morgan fingerprint density at radius 3 is 2.52 bits per heavy atom. The van der Waals surface area contributed by atoms with E-state index in [9.17, 15) is 13.6 Å². The molecule has 0 unspecified atom stereocenters. The maximum atomic E-state index is 13.4. The smallest absolute Gasteiger partial charge is 0.237 e. The molecule has 4 rings (SSSR count). The molecule has 0 atom stereocenters. The van der Waals surface area contributed by atoms with E-state index < -0.39 is 11.6 Å². The van der Waals surface area contributed by atoms with Gasteiger partial charge in [-0.3, -0.25) is 9.69 Å². The van der Waals surface area contributed by atoms with E-state index in [4.69, 9.17) is 4.42 Å². The van der Waals surface area contributed by atoms with Crippen molar-refractivity contribution in [2.75, 3.05) is 19.6 Å². The molecule has 1 saturated carbocycles. The third kappa shape index (κ3) is 3.88. The van der Waals surface area contributed by atoms with Crippen LogP contribution in [0.3, 0.4) is 0 Å². The van der Waals surface area contributed by atoms with Crippen molar-refractivity contribution in [2.45, 2.75) is 45.2 Å². The normalized spacial score (nSPS) is 19.2. The minimum Gasteiger partial charge on any atom is -0.441 e. The Labute approximate surface area is 157 Å². The molecule has 1 aromatic heterocycles. The van der Waals surface area contributed by atoms with Crippen molar-refractivity contribution in [2.24, 2.45) is 0 Å². The summed E-state index contributed by atoms with van der Waals surface area (Å²) in [5.74, 6) is -0.383. The van der Waals surface area contributed by atoms with Crippen molar-refractivity contribution in [3.05, 3.63) is 41.3 Å². The van der Waals surface area contributed by atoms with Crippen molar-refractivity contribution < 1.29 is 18.0 Å². The van der Waals surface area contributed by atoms with Gasteiger partial charge in [0.15, 0.2) is 0 Å². The van der Waals surface area contributed by atoms with Crippen LogP contribution in [0.5, 0.6) is 0 Å². The van der Waals surface area contributed by atoms with Gasteiger partial charge >= 0.3 is 0 Å². The molecule has 0 bridgehead atoms. The standard InChI is InChI=1S/C20H23F2N3O2/c1-13-18(23-20(27-13)14-8-15(21)10-16(22)9-14)11-24-6-7-25(19(26)12-24)17-4-2-3-5-17/h8-10,17H,2-7,11-12H2,1H3. The van der Waals surface area contributed by atoms with E-state index >= 15 is 0 Å². The summed E-state index contributed by atoms with van der Waals surface area (Å²) < 4.78 is 32.5. The van der Waals surface area contributed by atoms with E-state index in [1.165, 1.54) is 25.0 Å². The molecule has 0 spiro atoms. The van der Waals surface area contributed by atoms with Gasteiger partial charge in [-0.05, 0) is 31.9 Å². The van der Waals surface area contributed by atoms with Gasteiger partial charge in [0.05, 0.1) is 12.2 Å². The van der Waals surface area contributed by atoms with Crippen molar-refractivity contribution in [1.29, 1.82) is 0 Å². The summed E-state index contributed by atoms with van der Waals surface area (Å²) in [5.41, 5.74) is 0.959. The minimum absolute atomic E-state index is 0.168. The first-order valence-corrected chi connectivity index (χ1v) is 9.44. The van der Waals surface area contributed by atoms with Crippen LogP contribution in [0.25, 0.3) is 11.5 Å². The molecule has 2 fully saturated rings. The molecule has 2 aliphatic rings. The first kappa shape index (κ1) is 18.1. The number of oxazole rings is 1. The zero-order valence-electron chi connectivity index (χ0n) is 15.4. The summed E-state index contributed by atoms with van der Waals surface area (Å²) in [6, 6.07) is 3.61. The molecule has 27 heavy (non-hydrogen) atoms. The quantitative estimate of drug-likeness (QED) is 0.821. The van der Waals surface area contributed by atoms with E-state index in [0.717, 1.165) is 32.0 Å². The lowest BCUT2D eigenvalue weighted by Gasteiger charge is -2.37. The van der Waals surface area contributed by atoms with Crippen LogP contribution in [0.15, 0.2) is 22.6 Å². The fourth-order valence-corrected chi connectivity index (χ4v) is 4.06. The highest BCUT2D eigenvalue weighted by atomic mass is 19.1. The fourth-order valence-electron chi connectivity index (χ4n) is 4.06. The van der Waals surface area contributed by atoms with Crippen LogP contribution in [-0.4, -0.2) is 46.4 Å². The molecule has 1 aliphatic carbocycles. The first-order valence-electron chi connectivity index (χ1n) is 9.44. The van der Waals surface area contributed by atoms with Gasteiger partial charge in [-0.2, -0.15) is 0 Å². The third-order valence-corrected chi connectivity index (χ3v) is 5.48. The van der Waals surface area contributed by atoms with Gasteiger partial charge in [-0.1, -0.05) is 12.8 Å². The monoisotopic (exact) mass is 375 g/mol. The average molecular weight is 375 g/mol. The van der Waals surface area contributed by atoms with E-state index in [1.54, 1.807) is 6.92 Å². The predicted octanol–water partition coefficient (Wildman–Crippen LogP) is 3.52. The number of rotatable bonds is 4. The van der Waals surface area contributed by atoms with Crippen LogP contribution in [0, 0.1) is 18.6 Å². The average Bonchev–Trinajstić information content (AvgIpc) is 3.25. The predicted molar refractivity (Wildman–Crippen MR) is 95.8 cm³/mol. The molecule has 0 N–H and O–H groups in total. The molecule has 0 radical (unpaired) electrons. The number of carbonyl (C=O) groups is 1. The number of aromatic nitrogens is 1. The molecule has 144 valence electrons. The molecule has 1 aromatic carbocycles. The highest BCUT2D eigenvalue weighted by Gasteiger charge is 2.31. The maximum absolute atomic E-state index is 13.4. The zero-order chi connectivity index (χ0) is 19.0. The second kappa shape index (κ2) is 7.38. The Hall–Kier alpha value is -2.28. The van der Waals surface area contributed by atoms with Crippen LogP contribution in [0.1, 0.15) is 37.1 Å². The van der Waals surface area contributed by atoms with E-state index in [2.05, 4.69) is 9.88 Å². The minimum atomic E-state index is -0.670. The van der Waals surface area contributed by atoms with E-state index in [1.807, 2.05) is 4.90 Å². The van der Waals surface area contributed by atoms with Crippen molar-refractivity contribution >= 4 is 5.91 Å². The molecular weight excluding hydrogens is 352 g/mol. The lowest BCUT2D eigenvalue weighted by atomic mass is 10.1. The van der Waals surface area contributed by atoms with Crippen LogP contribution in [-0.2, 0) is 11.3 Å². The van der Waals surface area contributed by atoms with E-state index in [0.29, 0.717) is 30.6 Å². The van der Waals surface area contributed by atoms with Gasteiger partial charge < -0.3 is 9.32 Å². The van der Waals surface area contributed by atoms with Crippen molar-refractivity contribution in [1.82, 2.24) is 14.8 Å².